The van der Waals surface area contributed by atoms with Crippen molar-refractivity contribution in [2.24, 2.45) is 0 Å². The van der Waals surface area contributed by atoms with Crippen molar-refractivity contribution in [2.75, 3.05) is 0 Å². The molecule has 0 bridgehead atoms. The Morgan fingerprint density at radius 1 is 1.58 bits per heavy atom. The Balaban J connectivity index is 2.00. The van der Waals surface area contributed by atoms with Crippen LogP contribution in [-0.2, 0) is 6.54 Å². The first-order valence-corrected chi connectivity index (χ1v) is 6.98. The number of carbonyl (C=O) groups is 1. The van der Waals surface area contributed by atoms with Gasteiger partial charge in [-0.2, -0.15) is 0 Å². The number of thiophene rings is 1. The average molecular weight is 300 g/mol. The van der Waals surface area contributed by atoms with Gasteiger partial charge in [-0.15, -0.1) is 11.3 Å². The average Bonchev–Trinajstić information content (AvgIpc) is 2.93. The van der Waals surface area contributed by atoms with Gasteiger partial charge in [0.15, 0.2) is 0 Å². The zero-order chi connectivity index (χ0) is 14.0. The van der Waals surface area contributed by atoms with Crippen LogP contribution in [0.25, 0.3) is 0 Å². The van der Waals surface area contributed by atoms with E-state index < -0.39 is 5.97 Å². The SMILES string of the molecule is Cc1oc(C(=O)O)cc1CNC(C)c1ccc(Cl)s1. The molecule has 0 saturated heterocycles. The summed E-state index contributed by atoms with van der Waals surface area (Å²) in [6, 6.07) is 5.56. The third kappa shape index (κ3) is 3.37. The summed E-state index contributed by atoms with van der Waals surface area (Å²) in [5.74, 6) is -0.449. The maximum atomic E-state index is 10.8. The maximum Gasteiger partial charge on any atom is 0.371 e. The first-order valence-electron chi connectivity index (χ1n) is 5.78. The summed E-state index contributed by atoms with van der Waals surface area (Å²) in [5.41, 5.74) is 0.854. The van der Waals surface area contributed by atoms with E-state index in [4.69, 9.17) is 21.1 Å². The molecule has 0 amide bonds. The van der Waals surface area contributed by atoms with Gasteiger partial charge in [-0.05, 0) is 32.0 Å². The summed E-state index contributed by atoms with van der Waals surface area (Å²) in [6.45, 7) is 4.35. The Kier molecular flexibility index (Phi) is 4.29. The molecule has 102 valence electrons. The topological polar surface area (TPSA) is 62.5 Å². The summed E-state index contributed by atoms with van der Waals surface area (Å²) in [7, 11) is 0. The van der Waals surface area contributed by atoms with Crippen LogP contribution in [0.3, 0.4) is 0 Å². The number of nitrogens with one attached hydrogen (secondary N) is 1. The Labute approximate surface area is 120 Å². The second kappa shape index (κ2) is 5.77. The minimum absolute atomic E-state index is 0.0267. The van der Waals surface area contributed by atoms with Gasteiger partial charge in [0.1, 0.15) is 5.76 Å². The summed E-state index contributed by atoms with van der Waals surface area (Å²) in [6.07, 6.45) is 0. The van der Waals surface area contributed by atoms with Gasteiger partial charge in [-0.1, -0.05) is 11.6 Å². The molecular formula is C13H14ClNO3S. The molecule has 0 spiro atoms. The molecule has 0 aliphatic rings. The molecule has 0 radical (unpaired) electrons. The predicted octanol–water partition coefficient (Wildman–Crippen LogP) is 3.85. The van der Waals surface area contributed by atoms with E-state index in [-0.39, 0.29) is 11.8 Å². The second-order valence-corrected chi connectivity index (χ2v) is 5.99. The van der Waals surface area contributed by atoms with Crippen LogP contribution in [0.15, 0.2) is 22.6 Å². The highest BCUT2D eigenvalue weighted by Gasteiger charge is 2.14. The van der Waals surface area contributed by atoms with E-state index >= 15 is 0 Å². The standard InChI is InChI=1S/C13H14ClNO3S/c1-7(11-3-4-12(14)19-11)15-6-9-5-10(13(16)17)18-8(9)2/h3-5,7,15H,6H2,1-2H3,(H,16,17). The molecule has 6 heteroatoms. The van der Waals surface area contributed by atoms with Gasteiger partial charge >= 0.3 is 5.97 Å². The lowest BCUT2D eigenvalue weighted by Crippen LogP contribution is -2.17. The number of hydrogen-bond acceptors (Lipinski definition) is 4. The normalized spacial score (nSPS) is 12.6. The van der Waals surface area contributed by atoms with Crippen molar-refractivity contribution < 1.29 is 14.3 Å². The molecule has 2 N–H and O–H groups in total. The summed E-state index contributed by atoms with van der Waals surface area (Å²) in [5, 5.41) is 12.2. The van der Waals surface area contributed by atoms with E-state index in [0.29, 0.717) is 12.3 Å². The zero-order valence-corrected chi connectivity index (χ0v) is 12.1. The van der Waals surface area contributed by atoms with Crippen molar-refractivity contribution in [3.05, 3.63) is 44.5 Å². The van der Waals surface area contributed by atoms with E-state index in [9.17, 15) is 4.79 Å². The Morgan fingerprint density at radius 2 is 2.32 bits per heavy atom. The molecular weight excluding hydrogens is 286 g/mol. The van der Waals surface area contributed by atoms with E-state index in [0.717, 1.165) is 14.8 Å². The van der Waals surface area contributed by atoms with Crippen molar-refractivity contribution in [3.63, 3.8) is 0 Å². The van der Waals surface area contributed by atoms with Crippen molar-refractivity contribution in [1.82, 2.24) is 5.32 Å². The first kappa shape index (κ1) is 14.1. The molecule has 0 saturated carbocycles. The van der Waals surface area contributed by atoms with Crippen LogP contribution in [0.1, 0.15) is 39.7 Å². The van der Waals surface area contributed by atoms with Gasteiger partial charge in [-0.25, -0.2) is 4.79 Å². The lowest BCUT2D eigenvalue weighted by molar-refractivity contribution is 0.0661. The Hall–Kier alpha value is -1.30. The zero-order valence-electron chi connectivity index (χ0n) is 10.6. The Bertz CT molecular complexity index is 590. The molecule has 0 aliphatic carbocycles. The van der Waals surface area contributed by atoms with Crippen LogP contribution in [0.2, 0.25) is 4.34 Å². The predicted molar refractivity (Wildman–Crippen MR) is 75.0 cm³/mol. The number of carboxylic acid groups (broad SMARTS) is 1. The molecule has 2 heterocycles. The Morgan fingerprint density at radius 3 is 2.84 bits per heavy atom. The number of halogens is 1. The molecule has 19 heavy (non-hydrogen) atoms. The molecule has 2 aromatic heterocycles. The highest BCUT2D eigenvalue weighted by Crippen LogP contribution is 2.27. The second-order valence-electron chi connectivity index (χ2n) is 4.24. The van der Waals surface area contributed by atoms with Crippen LogP contribution in [0.5, 0.6) is 0 Å². The maximum absolute atomic E-state index is 10.8. The fourth-order valence-corrected chi connectivity index (χ4v) is 2.81. The minimum atomic E-state index is -1.05. The number of furan rings is 1. The molecule has 4 nitrogen and oxygen atoms in total. The fourth-order valence-electron chi connectivity index (χ4n) is 1.73. The lowest BCUT2D eigenvalue weighted by atomic mass is 10.2. The number of rotatable bonds is 5. The van der Waals surface area contributed by atoms with Crippen LogP contribution >= 0.6 is 22.9 Å². The molecule has 1 unspecified atom stereocenters. The molecule has 1 atom stereocenters. The van der Waals surface area contributed by atoms with E-state index in [1.54, 1.807) is 13.0 Å². The third-order valence-electron chi connectivity index (χ3n) is 2.85. The molecule has 0 aliphatic heterocycles. The molecule has 0 fully saturated rings. The van der Waals surface area contributed by atoms with Crippen molar-refractivity contribution in [1.29, 1.82) is 0 Å². The monoisotopic (exact) mass is 299 g/mol. The van der Waals surface area contributed by atoms with Crippen LogP contribution in [0.4, 0.5) is 0 Å². The quantitative estimate of drug-likeness (QED) is 0.880. The minimum Gasteiger partial charge on any atom is -0.475 e. The highest BCUT2D eigenvalue weighted by atomic mass is 35.5. The molecule has 2 aromatic rings. The van der Waals surface area contributed by atoms with Gasteiger partial charge in [0, 0.05) is 23.0 Å². The molecule has 0 aromatic carbocycles. The third-order valence-corrected chi connectivity index (χ3v) is 4.26. The van der Waals surface area contributed by atoms with Gasteiger partial charge in [0.25, 0.3) is 0 Å². The van der Waals surface area contributed by atoms with Gasteiger partial charge in [0.2, 0.25) is 5.76 Å². The summed E-state index contributed by atoms with van der Waals surface area (Å²) < 4.78 is 5.92. The first-order chi connectivity index (χ1) is 8.97. The van der Waals surface area contributed by atoms with E-state index in [1.165, 1.54) is 11.3 Å². The van der Waals surface area contributed by atoms with Crippen molar-refractivity contribution >= 4 is 28.9 Å². The fraction of sp³-hybridized carbons (Fsp3) is 0.308. The summed E-state index contributed by atoms with van der Waals surface area (Å²) >= 11 is 7.43. The largest absolute Gasteiger partial charge is 0.475 e. The van der Waals surface area contributed by atoms with Gasteiger partial charge in [-0.3, -0.25) is 0 Å². The smallest absolute Gasteiger partial charge is 0.371 e. The lowest BCUT2D eigenvalue weighted by Gasteiger charge is -2.11. The van der Waals surface area contributed by atoms with Crippen LogP contribution < -0.4 is 5.32 Å². The van der Waals surface area contributed by atoms with Crippen LogP contribution in [0, 0.1) is 6.92 Å². The van der Waals surface area contributed by atoms with Crippen molar-refractivity contribution in [2.45, 2.75) is 26.4 Å². The van der Waals surface area contributed by atoms with Crippen LogP contribution in [-0.4, -0.2) is 11.1 Å². The number of hydrogen-bond donors (Lipinski definition) is 2. The van der Waals surface area contributed by atoms with Gasteiger partial charge in [0.05, 0.1) is 4.34 Å². The van der Waals surface area contributed by atoms with Gasteiger partial charge < -0.3 is 14.8 Å². The highest BCUT2D eigenvalue weighted by molar-refractivity contribution is 7.16. The van der Waals surface area contributed by atoms with E-state index in [1.807, 2.05) is 19.1 Å². The number of aryl methyl sites for hydroxylation is 1. The number of carboxylic acids is 1. The number of aromatic carboxylic acids is 1. The molecule has 2 rings (SSSR count). The summed E-state index contributed by atoms with van der Waals surface area (Å²) in [4.78, 5) is 11.9. The van der Waals surface area contributed by atoms with E-state index in [2.05, 4.69) is 5.32 Å². The van der Waals surface area contributed by atoms with Crippen molar-refractivity contribution in [3.8, 4) is 0 Å².